The lowest BCUT2D eigenvalue weighted by atomic mass is 9.81. The fraction of sp³-hybridized carbons (Fsp3) is 0.400. The number of rotatable bonds is 11. The van der Waals surface area contributed by atoms with Gasteiger partial charge in [0.2, 0.25) is 11.8 Å². The second kappa shape index (κ2) is 15.2. The van der Waals surface area contributed by atoms with Gasteiger partial charge in [-0.15, -0.1) is 0 Å². The van der Waals surface area contributed by atoms with Crippen LogP contribution in [0.1, 0.15) is 40.0 Å². The molecule has 0 N–H and O–H groups in total. The van der Waals surface area contributed by atoms with Crippen LogP contribution < -0.4 is 14.2 Å². The van der Waals surface area contributed by atoms with Gasteiger partial charge in [-0.3, -0.25) is 14.6 Å². The summed E-state index contributed by atoms with van der Waals surface area (Å²) in [7, 11) is 1.40. The number of hydrogen-bond donors (Lipinski definition) is 0. The first-order chi connectivity index (χ1) is 23.7. The predicted octanol–water partition coefficient (Wildman–Crippen LogP) is 4.46. The Morgan fingerprint density at radius 3 is 2.22 bits per heavy atom. The van der Waals surface area contributed by atoms with E-state index < -0.39 is 12.8 Å². The highest BCUT2D eigenvalue weighted by Crippen LogP contribution is 2.38. The zero-order chi connectivity index (χ0) is 34.4. The van der Waals surface area contributed by atoms with E-state index in [1.165, 1.54) is 13.4 Å². The molecular formula is C35H38F3N7O4. The molecule has 258 valence electrons. The van der Waals surface area contributed by atoms with E-state index in [9.17, 15) is 18.0 Å². The molecule has 4 heterocycles. The number of aromatic nitrogens is 4. The Morgan fingerprint density at radius 1 is 0.918 bits per heavy atom. The normalized spacial score (nSPS) is 18.6. The Bertz CT molecular complexity index is 1650. The zero-order valence-corrected chi connectivity index (χ0v) is 27.3. The number of carbonyl (C=O) groups excluding carboxylic acids is 1. The van der Waals surface area contributed by atoms with E-state index in [0.717, 1.165) is 11.1 Å². The maximum absolute atomic E-state index is 13.5. The van der Waals surface area contributed by atoms with Gasteiger partial charge in [0.25, 0.3) is 5.91 Å². The Hall–Kier alpha value is -4.82. The van der Waals surface area contributed by atoms with Crippen LogP contribution in [-0.4, -0.2) is 112 Å². The number of nitrogens with zero attached hydrogens (tertiary/aromatic N) is 7. The molecule has 0 radical (unpaired) electrons. The molecule has 6 rings (SSSR count). The summed E-state index contributed by atoms with van der Waals surface area (Å²) in [6.07, 6.45) is -1.68. The maximum atomic E-state index is 13.5. The lowest BCUT2D eigenvalue weighted by Crippen LogP contribution is -2.67. The van der Waals surface area contributed by atoms with E-state index in [1.807, 2.05) is 41.3 Å². The van der Waals surface area contributed by atoms with Gasteiger partial charge >= 0.3 is 12.2 Å². The van der Waals surface area contributed by atoms with Gasteiger partial charge in [-0.05, 0) is 24.1 Å². The molecule has 4 aromatic rings. The van der Waals surface area contributed by atoms with Crippen molar-refractivity contribution >= 4 is 5.91 Å². The first kappa shape index (κ1) is 34.1. The van der Waals surface area contributed by atoms with E-state index in [0.29, 0.717) is 38.4 Å². The standard InChI is InChI=1S/C35H38F3N7O4/c1-3-48-34-41-31(47-2)27(32(42-34)49-22-35(36,37)38)20-43-18-26-19-44(33(46)28-14-15-39-23-40-28)16-17-45(26)29(21-43)30(24-10-6-4-7-11-24)25-12-8-5-9-13-25/h4-15,23,26,29-30H,3,16-22H2,1-2H3/t26-,29+/m1/s1. The van der Waals surface area contributed by atoms with Gasteiger partial charge in [-0.1, -0.05) is 60.7 Å². The minimum atomic E-state index is -4.59. The lowest BCUT2D eigenvalue weighted by molar-refractivity contribution is -0.154. The van der Waals surface area contributed by atoms with Crippen molar-refractivity contribution in [3.8, 4) is 17.8 Å². The highest BCUT2D eigenvalue weighted by molar-refractivity contribution is 5.92. The second-order valence-corrected chi connectivity index (χ2v) is 11.9. The first-order valence-corrected chi connectivity index (χ1v) is 16.1. The second-order valence-electron chi connectivity index (χ2n) is 11.9. The fourth-order valence-electron chi connectivity index (χ4n) is 6.77. The van der Waals surface area contributed by atoms with Crippen molar-refractivity contribution in [3.63, 3.8) is 0 Å². The number of fused-ring (bicyclic) bond motifs is 1. The molecule has 2 aliphatic heterocycles. The number of alkyl halides is 3. The number of hydrogen-bond acceptors (Lipinski definition) is 10. The zero-order valence-electron chi connectivity index (χ0n) is 27.3. The van der Waals surface area contributed by atoms with Crippen LogP contribution in [0.25, 0.3) is 0 Å². The Kier molecular flexibility index (Phi) is 10.5. The topological polar surface area (TPSA) is 106 Å². The summed E-state index contributed by atoms with van der Waals surface area (Å²) in [6, 6.07) is 21.8. The Morgan fingerprint density at radius 2 is 1.61 bits per heavy atom. The summed E-state index contributed by atoms with van der Waals surface area (Å²) in [5, 5.41) is 0. The smallest absolute Gasteiger partial charge is 0.422 e. The van der Waals surface area contributed by atoms with Gasteiger partial charge in [0, 0.05) is 63.5 Å². The largest absolute Gasteiger partial charge is 0.481 e. The van der Waals surface area contributed by atoms with Gasteiger partial charge in [0.15, 0.2) is 6.61 Å². The fourth-order valence-corrected chi connectivity index (χ4v) is 6.77. The molecule has 2 aliphatic rings. The predicted molar refractivity (Wildman–Crippen MR) is 174 cm³/mol. The third-order valence-electron chi connectivity index (χ3n) is 8.79. The third kappa shape index (κ3) is 8.08. The molecule has 1 amide bonds. The summed E-state index contributed by atoms with van der Waals surface area (Å²) in [6.45, 7) is 3.17. The quantitative estimate of drug-likeness (QED) is 0.226. The molecule has 14 heteroatoms. The summed E-state index contributed by atoms with van der Waals surface area (Å²) >= 11 is 0. The van der Waals surface area contributed by atoms with Crippen LogP contribution in [0.3, 0.4) is 0 Å². The summed E-state index contributed by atoms with van der Waals surface area (Å²) in [5.74, 6) is -0.404. The molecule has 0 aliphatic carbocycles. The first-order valence-electron chi connectivity index (χ1n) is 16.1. The van der Waals surface area contributed by atoms with Crippen molar-refractivity contribution in [2.75, 3.05) is 53.0 Å². The van der Waals surface area contributed by atoms with Crippen molar-refractivity contribution in [1.29, 1.82) is 0 Å². The van der Waals surface area contributed by atoms with Crippen LogP contribution in [0, 0.1) is 0 Å². The number of benzene rings is 2. The van der Waals surface area contributed by atoms with Gasteiger partial charge < -0.3 is 19.1 Å². The molecule has 2 aromatic carbocycles. The van der Waals surface area contributed by atoms with Crippen molar-refractivity contribution < 1.29 is 32.2 Å². The molecule has 49 heavy (non-hydrogen) atoms. The molecule has 0 unspecified atom stereocenters. The molecule has 0 spiro atoms. The van der Waals surface area contributed by atoms with E-state index in [-0.39, 0.29) is 60.4 Å². The molecule has 2 saturated heterocycles. The molecule has 11 nitrogen and oxygen atoms in total. The summed E-state index contributed by atoms with van der Waals surface area (Å²) in [4.78, 5) is 36.6. The third-order valence-corrected chi connectivity index (χ3v) is 8.79. The maximum Gasteiger partial charge on any atom is 0.422 e. The molecule has 0 bridgehead atoms. The van der Waals surface area contributed by atoms with Crippen LogP contribution in [0.4, 0.5) is 13.2 Å². The molecule has 2 atom stereocenters. The molecular weight excluding hydrogens is 639 g/mol. The van der Waals surface area contributed by atoms with Gasteiger partial charge in [0.05, 0.1) is 19.3 Å². The van der Waals surface area contributed by atoms with Crippen molar-refractivity contribution in [2.24, 2.45) is 0 Å². The van der Waals surface area contributed by atoms with Gasteiger partial charge in [0.1, 0.15) is 12.0 Å². The number of halogens is 3. The Labute approximate surface area is 282 Å². The molecule has 0 saturated carbocycles. The highest BCUT2D eigenvalue weighted by atomic mass is 19.4. The average Bonchev–Trinajstić information content (AvgIpc) is 3.12. The number of carbonyl (C=O) groups is 1. The minimum absolute atomic E-state index is 0.0451. The van der Waals surface area contributed by atoms with Crippen molar-refractivity contribution in [3.05, 3.63) is 102 Å². The summed E-state index contributed by atoms with van der Waals surface area (Å²) < 4.78 is 56.3. The molecule has 2 aromatic heterocycles. The van der Waals surface area contributed by atoms with Crippen LogP contribution >= 0.6 is 0 Å². The summed E-state index contributed by atoms with van der Waals surface area (Å²) in [5.41, 5.74) is 2.87. The van der Waals surface area contributed by atoms with E-state index in [2.05, 4.69) is 54.0 Å². The van der Waals surface area contributed by atoms with Gasteiger partial charge in [-0.2, -0.15) is 23.1 Å². The lowest BCUT2D eigenvalue weighted by Gasteiger charge is -2.53. The number of amides is 1. The monoisotopic (exact) mass is 677 g/mol. The highest BCUT2D eigenvalue weighted by Gasteiger charge is 2.44. The van der Waals surface area contributed by atoms with E-state index in [1.54, 1.807) is 19.2 Å². The minimum Gasteiger partial charge on any atom is -0.481 e. The Balaban J connectivity index is 1.38. The van der Waals surface area contributed by atoms with Crippen molar-refractivity contribution in [2.45, 2.75) is 37.6 Å². The van der Waals surface area contributed by atoms with E-state index >= 15 is 0 Å². The van der Waals surface area contributed by atoms with Crippen LogP contribution in [-0.2, 0) is 6.54 Å². The average molecular weight is 678 g/mol. The van der Waals surface area contributed by atoms with Crippen LogP contribution in [0.5, 0.6) is 17.8 Å². The number of piperazine rings is 2. The van der Waals surface area contributed by atoms with Crippen LogP contribution in [0.15, 0.2) is 79.3 Å². The molecule has 2 fully saturated rings. The van der Waals surface area contributed by atoms with Crippen LogP contribution in [0.2, 0.25) is 0 Å². The number of methoxy groups -OCH3 is 1. The van der Waals surface area contributed by atoms with E-state index in [4.69, 9.17) is 14.2 Å². The number of ether oxygens (including phenoxy) is 3. The van der Waals surface area contributed by atoms with Gasteiger partial charge in [-0.25, -0.2) is 9.97 Å². The SMILES string of the molecule is CCOc1nc(OC)c(CN2C[C@@H]3CN(C(=O)c4ccncn4)CCN3[C@H](C(c3ccccc3)c3ccccc3)C2)c(OCC(F)(F)F)n1. The van der Waals surface area contributed by atoms with Crippen molar-refractivity contribution in [1.82, 2.24) is 34.6 Å².